The minimum atomic E-state index is -0.581. The maximum atomic E-state index is 14.3. The van der Waals surface area contributed by atoms with Crippen molar-refractivity contribution < 1.29 is 18.4 Å². The first-order valence-corrected chi connectivity index (χ1v) is 13.1. The molecule has 0 saturated carbocycles. The Bertz CT molecular complexity index is 1480. The van der Waals surface area contributed by atoms with E-state index in [0.717, 1.165) is 4.90 Å². The van der Waals surface area contributed by atoms with Gasteiger partial charge in [-0.2, -0.15) is 5.10 Å². The number of hydrogen-bond acceptors (Lipinski definition) is 6. The van der Waals surface area contributed by atoms with Crippen LogP contribution in [0.1, 0.15) is 22.3 Å². The highest BCUT2D eigenvalue weighted by Gasteiger charge is 2.22. The lowest BCUT2D eigenvalue weighted by molar-refractivity contribution is -0.128. The van der Waals surface area contributed by atoms with E-state index < -0.39 is 17.8 Å². The summed E-state index contributed by atoms with van der Waals surface area (Å²) in [6.07, 6.45) is 2.92. The highest BCUT2D eigenvalue weighted by Crippen LogP contribution is 2.29. The number of halogens is 2. The van der Waals surface area contributed by atoms with E-state index in [0.29, 0.717) is 27.9 Å². The predicted molar refractivity (Wildman–Crippen MR) is 151 cm³/mol. The number of aromatic nitrogens is 1. The van der Waals surface area contributed by atoms with E-state index in [1.165, 1.54) is 59.8 Å². The molecule has 0 unspecified atom stereocenters. The van der Waals surface area contributed by atoms with Gasteiger partial charge in [-0.1, -0.05) is 30.3 Å². The van der Waals surface area contributed by atoms with Crippen LogP contribution < -0.4 is 10.7 Å². The van der Waals surface area contributed by atoms with Gasteiger partial charge in [-0.05, 0) is 48.0 Å². The SMILES string of the molecule is CN(C)C(=O)C[C@H](CSc1ccccc1)Nc1c(C(=O)N/N=C/c2ccc(F)cc2)cnc2ccc(F)cc12. The summed E-state index contributed by atoms with van der Waals surface area (Å²) >= 11 is 1.56. The van der Waals surface area contributed by atoms with Crippen molar-refractivity contribution in [1.82, 2.24) is 15.3 Å². The lowest BCUT2D eigenvalue weighted by Gasteiger charge is -2.23. The number of hydrazone groups is 1. The minimum absolute atomic E-state index is 0.0967. The number of thioether (sulfide) groups is 1. The molecule has 0 bridgehead atoms. The fourth-order valence-electron chi connectivity index (χ4n) is 3.73. The highest BCUT2D eigenvalue weighted by molar-refractivity contribution is 7.99. The molecule has 10 heteroatoms. The summed E-state index contributed by atoms with van der Waals surface area (Å²) in [6.45, 7) is 0. The van der Waals surface area contributed by atoms with E-state index in [1.807, 2.05) is 30.3 Å². The van der Waals surface area contributed by atoms with Gasteiger partial charge in [0.25, 0.3) is 5.91 Å². The minimum Gasteiger partial charge on any atom is -0.380 e. The van der Waals surface area contributed by atoms with Crippen LogP contribution in [0.3, 0.4) is 0 Å². The molecule has 0 radical (unpaired) electrons. The van der Waals surface area contributed by atoms with Gasteiger partial charge in [0.2, 0.25) is 5.91 Å². The molecule has 4 rings (SSSR count). The van der Waals surface area contributed by atoms with E-state index in [2.05, 4.69) is 20.8 Å². The predicted octanol–water partition coefficient (Wildman–Crippen LogP) is 5.33. The molecular weight excluding hydrogens is 520 g/mol. The number of benzene rings is 3. The number of rotatable bonds is 10. The van der Waals surface area contributed by atoms with Crippen LogP contribution >= 0.6 is 11.8 Å². The molecule has 2 N–H and O–H groups in total. The van der Waals surface area contributed by atoms with Crippen molar-refractivity contribution in [2.75, 3.05) is 25.2 Å². The summed E-state index contributed by atoms with van der Waals surface area (Å²) in [7, 11) is 3.36. The summed E-state index contributed by atoms with van der Waals surface area (Å²) in [5.74, 6) is -1.04. The maximum absolute atomic E-state index is 14.3. The third-order valence-corrected chi connectivity index (χ3v) is 6.96. The zero-order valence-corrected chi connectivity index (χ0v) is 22.2. The van der Waals surface area contributed by atoms with Crippen molar-refractivity contribution in [2.24, 2.45) is 5.10 Å². The third-order valence-electron chi connectivity index (χ3n) is 5.79. The lowest BCUT2D eigenvalue weighted by atomic mass is 10.1. The molecule has 3 aromatic carbocycles. The van der Waals surface area contributed by atoms with Gasteiger partial charge in [-0.15, -0.1) is 11.8 Å². The Morgan fingerprint density at radius 1 is 1.03 bits per heavy atom. The smallest absolute Gasteiger partial charge is 0.275 e. The van der Waals surface area contributed by atoms with Gasteiger partial charge in [-0.3, -0.25) is 14.6 Å². The molecule has 1 atom stereocenters. The standard InChI is InChI=1S/C29H27F2N5O2S/c1-36(2)27(37)15-22(18-39-23-6-4-3-5-7-23)34-28-24-14-21(31)12-13-26(24)32-17-25(28)29(38)35-33-16-19-8-10-20(30)11-9-19/h3-14,16-17,22H,15,18H2,1-2H3,(H,32,34)(H,35,38)/b33-16+/t22-/m1/s1. The number of anilines is 1. The summed E-state index contributed by atoms with van der Waals surface area (Å²) < 4.78 is 27.5. The molecule has 0 saturated heterocycles. The molecule has 0 fully saturated rings. The number of carbonyl (C=O) groups is 2. The molecule has 200 valence electrons. The fourth-order valence-corrected chi connectivity index (χ4v) is 4.67. The molecule has 39 heavy (non-hydrogen) atoms. The molecule has 7 nitrogen and oxygen atoms in total. The van der Waals surface area contributed by atoms with Crippen LogP contribution in [-0.4, -0.2) is 53.8 Å². The second-order valence-corrected chi connectivity index (χ2v) is 10.0. The molecular formula is C29H27F2N5O2S. The van der Waals surface area contributed by atoms with Crippen molar-refractivity contribution in [2.45, 2.75) is 17.4 Å². The van der Waals surface area contributed by atoms with Crippen LogP contribution in [-0.2, 0) is 4.79 Å². The van der Waals surface area contributed by atoms with Gasteiger partial charge in [0, 0.05) is 48.8 Å². The zero-order valence-electron chi connectivity index (χ0n) is 21.4. The number of carbonyl (C=O) groups excluding carboxylic acids is 2. The van der Waals surface area contributed by atoms with Gasteiger partial charge >= 0.3 is 0 Å². The number of pyridine rings is 1. The van der Waals surface area contributed by atoms with Crippen molar-refractivity contribution in [3.63, 3.8) is 0 Å². The first-order chi connectivity index (χ1) is 18.8. The average molecular weight is 548 g/mol. The first-order valence-electron chi connectivity index (χ1n) is 12.1. The van der Waals surface area contributed by atoms with E-state index in [4.69, 9.17) is 0 Å². The number of amides is 2. The Kier molecular flexibility index (Phi) is 9.22. The average Bonchev–Trinajstić information content (AvgIpc) is 2.93. The van der Waals surface area contributed by atoms with E-state index in [1.54, 1.807) is 25.9 Å². The fraction of sp³-hybridized carbons (Fsp3) is 0.172. The maximum Gasteiger partial charge on any atom is 0.275 e. The highest BCUT2D eigenvalue weighted by atomic mass is 32.2. The van der Waals surface area contributed by atoms with Gasteiger partial charge < -0.3 is 10.2 Å². The second-order valence-electron chi connectivity index (χ2n) is 8.92. The van der Waals surface area contributed by atoms with Crippen LogP contribution in [0, 0.1) is 11.6 Å². The quantitative estimate of drug-likeness (QED) is 0.159. The molecule has 1 heterocycles. The second kappa shape index (κ2) is 13.0. The van der Waals surface area contributed by atoms with Crippen LogP contribution in [0.5, 0.6) is 0 Å². The Hall–Kier alpha value is -4.31. The van der Waals surface area contributed by atoms with Gasteiger partial charge in [0.05, 0.1) is 23.0 Å². The van der Waals surface area contributed by atoms with Crippen LogP contribution in [0.4, 0.5) is 14.5 Å². The molecule has 0 aliphatic heterocycles. The van der Waals surface area contributed by atoms with Crippen LogP contribution in [0.15, 0.2) is 89.0 Å². The summed E-state index contributed by atoms with van der Waals surface area (Å²) in [5.41, 5.74) is 4.01. The molecule has 0 spiro atoms. The molecule has 4 aromatic rings. The number of hydrogen-bond donors (Lipinski definition) is 2. The van der Waals surface area contributed by atoms with Gasteiger partial charge in [-0.25, -0.2) is 14.2 Å². The molecule has 2 amide bonds. The van der Waals surface area contributed by atoms with E-state index in [-0.39, 0.29) is 23.7 Å². The van der Waals surface area contributed by atoms with E-state index >= 15 is 0 Å². The molecule has 0 aliphatic rings. The normalized spacial score (nSPS) is 11.9. The number of nitrogens with zero attached hydrogens (tertiary/aromatic N) is 3. The Morgan fingerprint density at radius 3 is 2.46 bits per heavy atom. The molecule has 0 aliphatic carbocycles. The number of fused-ring (bicyclic) bond motifs is 1. The third kappa shape index (κ3) is 7.61. The first kappa shape index (κ1) is 27.7. The summed E-state index contributed by atoms with van der Waals surface area (Å²) in [6, 6.07) is 19.1. The Balaban J connectivity index is 1.65. The van der Waals surface area contributed by atoms with Crippen molar-refractivity contribution in [3.05, 3.63) is 102 Å². The summed E-state index contributed by atoms with van der Waals surface area (Å²) in [5, 5.41) is 7.71. The number of nitrogens with one attached hydrogen (secondary N) is 2. The Morgan fingerprint density at radius 2 is 1.74 bits per heavy atom. The largest absolute Gasteiger partial charge is 0.380 e. The molecule has 1 aromatic heterocycles. The van der Waals surface area contributed by atoms with Crippen molar-refractivity contribution in [1.29, 1.82) is 0 Å². The van der Waals surface area contributed by atoms with Crippen molar-refractivity contribution >= 4 is 46.4 Å². The summed E-state index contributed by atoms with van der Waals surface area (Å²) in [4.78, 5) is 32.7. The van der Waals surface area contributed by atoms with Gasteiger partial charge in [0.15, 0.2) is 0 Å². The lowest BCUT2D eigenvalue weighted by Crippen LogP contribution is -2.33. The van der Waals surface area contributed by atoms with Crippen LogP contribution in [0.25, 0.3) is 10.9 Å². The zero-order chi connectivity index (χ0) is 27.8. The van der Waals surface area contributed by atoms with E-state index in [9.17, 15) is 18.4 Å². The van der Waals surface area contributed by atoms with Crippen LogP contribution in [0.2, 0.25) is 0 Å². The monoisotopic (exact) mass is 547 g/mol. The Labute approximate surface area is 229 Å². The van der Waals surface area contributed by atoms with Crippen molar-refractivity contribution in [3.8, 4) is 0 Å². The topological polar surface area (TPSA) is 86.7 Å². The van der Waals surface area contributed by atoms with Gasteiger partial charge in [0.1, 0.15) is 11.6 Å².